The minimum atomic E-state index is 0.624. The highest BCUT2D eigenvalue weighted by Crippen LogP contribution is 2.29. The van der Waals surface area contributed by atoms with Crippen molar-refractivity contribution in [2.45, 2.75) is 5.75 Å². The summed E-state index contributed by atoms with van der Waals surface area (Å²) >= 11 is 1.01. The molecule has 0 aliphatic rings. The molecule has 1 atom stereocenters. The Bertz CT molecular complexity index is 478. The molecule has 0 saturated carbocycles. The molecule has 0 aromatic heterocycles. The van der Waals surface area contributed by atoms with E-state index in [-0.39, 0.29) is 0 Å². The van der Waals surface area contributed by atoms with Gasteiger partial charge in [0.1, 0.15) is 0 Å². The van der Waals surface area contributed by atoms with Crippen LogP contribution in [0, 0.1) is 0 Å². The van der Waals surface area contributed by atoms with Crippen LogP contribution in [0.5, 0.6) is 0 Å². The van der Waals surface area contributed by atoms with E-state index in [2.05, 4.69) is 25.9 Å². The van der Waals surface area contributed by atoms with Crippen LogP contribution >= 0.6 is 21.4 Å². The van der Waals surface area contributed by atoms with Crippen LogP contribution in [0.4, 0.5) is 11.4 Å². The highest BCUT2D eigenvalue weighted by atomic mass is 32.2. The minimum absolute atomic E-state index is 0.624. The number of hydrogen-bond donors (Lipinski definition) is 1. The monoisotopic (exact) mass is 279 g/mol. The lowest BCUT2D eigenvalue weighted by Crippen LogP contribution is -2.00. The summed E-state index contributed by atoms with van der Waals surface area (Å²) in [6, 6.07) is 18.2. The zero-order valence-electron chi connectivity index (χ0n) is 9.69. The lowest BCUT2D eigenvalue weighted by Gasteiger charge is -2.19. The average Bonchev–Trinajstić information content (AvgIpc) is 2.46. The van der Waals surface area contributed by atoms with Gasteiger partial charge in [-0.25, -0.2) is 5.26 Å². The molecule has 94 valence electrons. The van der Waals surface area contributed by atoms with Crippen molar-refractivity contribution in [3.8, 4) is 0 Å². The van der Waals surface area contributed by atoms with Gasteiger partial charge in [-0.2, -0.15) is 4.33 Å². The van der Waals surface area contributed by atoms with Gasteiger partial charge in [-0.1, -0.05) is 30.3 Å². The summed E-state index contributed by atoms with van der Waals surface area (Å²) < 4.78 is 6.04. The molecule has 0 fully saturated rings. The van der Waals surface area contributed by atoms with Gasteiger partial charge in [0.15, 0.2) is 0 Å². The fraction of sp³-hybridized carbons (Fsp3) is 0.0769. The van der Waals surface area contributed by atoms with Gasteiger partial charge in [-0.15, -0.1) is 0 Å². The van der Waals surface area contributed by atoms with Crippen LogP contribution in [0.1, 0.15) is 5.56 Å². The molecule has 0 aliphatic carbocycles. The molecule has 2 rings (SSSR count). The fourth-order valence-corrected chi connectivity index (χ4v) is 2.31. The van der Waals surface area contributed by atoms with Gasteiger partial charge in [0, 0.05) is 29.2 Å². The van der Waals surface area contributed by atoms with Crippen LogP contribution in [0.25, 0.3) is 0 Å². The molecular weight excluding hydrogens is 265 g/mol. The largest absolute Gasteiger partial charge is 0.326 e. The van der Waals surface area contributed by atoms with Gasteiger partial charge in [0.05, 0.1) is 0 Å². The molecule has 1 N–H and O–H groups in total. The summed E-state index contributed by atoms with van der Waals surface area (Å²) in [5, 5.41) is 8.27. The van der Waals surface area contributed by atoms with Gasteiger partial charge < -0.3 is 4.67 Å². The first-order chi connectivity index (χ1) is 8.81. The van der Waals surface area contributed by atoms with E-state index in [4.69, 9.17) is 5.26 Å². The van der Waals surface area contributed by atoms with E-state index in [1.54, 1.807) is 0 Å². The summed E-state index contributed by atoms with van der Waals surface area (Å²) in [5.74, 6) is 0.624. The second-order valence-electron chi connectivity index (χ2n) is 3.71. The van der Waals surface area contributed by atoms with Crippen LogP contribution < -0.4 is 4.67 Å². The maximum Gasteiger partial charge on any atom is 0.0480 e. The zero-order valence-corrected chi connectivity index (χ0v) is 11.7. The number of rotatable bonds is 5. The maximum atomic E-state index is 8.27. The van der Waals surface area contributed by atoms with Crippen LogP contribution in [0.2, 0.25) is 0 Å². The molecule has 0 radical (unpaired) electrons. The third-order valence-corrected chi connectivity index (χ3v) is 3.68. The van der Waals surface area contributed by atoms with Crippen LogP contribution in [0.15, 0.2) is 54.6 Å². The quantitative estimate of drug-likeness (QED) is 0.384. The molecule has 2 aromatic rings. The van der Waals surface area contributed by atoms with E-state index < -0.39 is 0 Å². The Kier molecular flexibility index (Phi) is 5.02. The number of hydrogen-bond acceptors (Lipinski definition) is 4. The van der Waals surface area contributed by atoms with Crippen molar-refractivity contribution >= 4 is 32.8 Å². The summed E-state index contributed by atoms with van der Waals surface area (Å²) in [7, 11) is 2.70. The number of benzene rings is 2. The second-order valence-corrected chi connectivity index (χ2v) is 4.90. The molecule has 0 saturated heterocycles. The Morgan fingerprint density at radius 1 is 1.00 bits per heavy atom. The van der Waals surface area contributed by atoms with E-state index in [1.807, 2.05) is 47.1 Å². The number of nitrogens with zero attached hydrogens (tertiary/aromatic N) is 1. The molecule has 0 amide bonds. The normalized spacial score (nSPS) is 10.3. The van der Waals surface area contributed by atoms with Gasteiger partial charge in [0.25, 0.3) is 0 Å². The summed E-state index contributed by atoms with van der Waals surface area (Å²) in [4.78, 5) is 0. The highest BCUT2D eigenvalue weighted by molar-refractivity contribution is 7.93. The van der Waals surface area contributed by atoms with Crippen molar-refractivity contribution in [3.05, 3.63) is 60.2 Å². The predicted octanol–water partition coefficient (Wildman–Crippen LogP) is 4.25. The van der Waals surface area contributed by atoms with E-state index in [0.717, 1.165) is 29.0 Å². The maximum absolute atomic E-state index is 8.27. The molecule has 1 unspecified atom stereocenters. The second kappa shape index (κ2) is 6.76. The summed E-state index contributed by atoms with van der Waals surface area (Å²) in [5.41, 5.74) is 3.30. The van der Waals surface area contributed by atoms with Gasteiger partial charge in [-0.3, -0.25) is 0 Å². The van der Waals surface area contributed by atoms with E-state index in [0.29, 0.717) is 5.75 Å². The molecule has 18 heavy (non-hydrogen) atoms. The Hall–Kier alpha value is -1.06. The molecule has 2 aromatic carbocycles. The molecular formula is C13H14NO2PS. The predicted molar refractivity (Wildman–Crippen MR) is 79.7 cm³/mol. The molecule has 0 spiro atoms. The first-order valence-corrected chi connectivity index (χ1v) is 6.86. The van der Waals surface area contributed by atoms with Crippen molar-refractivity contribution in [3.63, 3.8) is 0 Å². The van der Waals surface area contributed by atoms with Crippen molar-refractivity contribution in [2.75, 3.05) is 4.67 Å². The smallest absolute Gasteiger partial charge is 0.0480 e. The van der Waals surface area contributed by atoms with Gasteiger partial charge in [0.2, 0.25) is 0 Å². The Balaban J connectivity index is 2.09. The first-order valence-electron chi connectivity index (χ1n) is 5.43. The van der Waals surface area contributed by atoms with Crippen molar-refractivity contribution < 1.29 is 9.59 Å². The summed E-state index contributed by atoms with van der Waals surface area (Å²) in [6.45, 7) is 0. The van der Waals surface area contributed by atoms with E-state index >= 15 is 0 Å². The lowest BCUT2D eigenvalue weighted by atomic mass is 10.2. The SMILES string of the molecule is OOSCc1ccc(N(P)c2ccccc2)cc1. The standard InChI is InChI=1S/C13H14NO2PS/c15-16-18-10-11-6-8-13(9-7-11)14(17)12-4-2-1-3-5-12/h1-9,15H,10,17H2. The summed E-state index contributed by atoms with van der Waals surface area (Å²) in [6.07, 6.45) is 0. The number of para-hydroxylation sites is 1. The Morgan fingerprint density at radius 3 is 2.22 bits per heavy atom. The van der Waals surface area contributed by atoms with E-state index in [1.165, 1.54) is 0 Å². The molecule has 0 bridgehead atoms. The topological polar surface area (TPSA) is 32.7 Å². The third-order valence-electron chi connectivity index (χ3n) is 2.53. The zero-order chi connectivity index (χ0) is 12.8. The Morgan fingerprint density at radius 2 is 1.61 bits per heavy atom. The highest BCUT2D eigenvalue weighted by Gasteiger charge is 2.03. The van der Waals surface area contributed by atoms with E-state index in [9.17, 15) is 0 Å². The minimum Gasteiger partial charge on any atom is -0.326 e. The average molecular weight is 279 g/mol. The Labute approximate surface area is 113 Å². The number of anilines is 2. The van der Waals surface area contributed by atoms with Crippen molar-refractivity contribution in [2.24, 2.45) is 0 Å². The molecule has 3 nitrogen and oxygen atoms in total. The van der Waals surface area contributed by atoms with Gasteiger partial charge >= 0.3 is 0 Å². The third kappa shape index (κ3) is 3.47. The van der Waals surface area contributed by atoms with Crippen LogP contribution in [-0.4, -0.2) is 5.26 Å². The molecule has 5 heteroatoms. The first kappa shape index (κ1) is 13.4. The van der Waals surface area contributed by atoms with Crippen LogP contribution in [0.3, 0.4) is 0 Å². The molecule has 0 heterocycles. The van der Waals surface area contributed by atoms with Gasteiger partial charge in [-0.05, 0) is 39.2 Å². The van der Waals surface area contributed by atoms with Crippen molar-refractivity contribution in [1.29, 1.82) is 0 Å². The van der Waals surface area contributed by atoms with Crippen LogP contribution in [-0.2, 0) is 10.1 Å². The fourth-order valence-electron chi connectivity index (χ4n) is 1.58. The lowest BCUT2D eigenvalue weighted by molar-refractivity contribution is -0.116. The van der Waals surface area contributed by atoms with Crippen molar-refractivity contribution in [1.82, 2.24) is 0 Å². The molecule has 0 aliphatic heterocycles.